The predicted molar refractivity (Wildman–Crippen MR) is 36.6 cm³/mol. The maximum Gasteiger partial charge on any atom is 0.106 e. The number of rotatable bonds is 2. The fourth-order valence-corrected chi connectivity index (χ4v) is 0.269. The van der Waals surface area contributed by atoms with Gasteiger partial charge >= 0.3 is 0 Å². The van der Waals surface area contributed by atoms with Crippen LogP contribution >= 0.6 is 0 Å². The normalized spacial score (nSPS) is 13.7. The molecule has 0 bridgehead atoms. The van der Waals surface area contributed by atoms with Crippen molar-refractivity contribution < 1.29 is 4.84 Å². The molecule has 0 aliphatic rings. The Morgan fingerprint density at radius 1 is 1.33 bits per heavy atom. The molecule has 52 valence electrons. The molecule has 0 aliphatic carbocycles. The van der Waals surface area contributed by atoms with E-state index in [4.69, 9.17) is 0 Å². The molecule has 0 radical (unpaired) electrons. The van der Waals surface area contributed by atoms with Crippen LogP contribution in [0.5, 0.6) is 0 Å². The van der Waals surface area contributed by atoms with Crippen LogP contribution in [0.25, 0.3) is 0 Å². The number of nitrogens with zero attached hydrogens (tertiary/aromatic N) is 2. The summed E-state index contributed by atoms with van der Waals surface area (Å²) in [6.07, 6.45) is 0. The smallest absolute Gasteiger partial charge is 0.106 e. The number of oxime groups is 1. The summed E-state index contributed by atoms with van der Waals surface area (Å²) in [5.41, 5.74) is 0.851. The summed E-state index contributed by atoms with van der Waals surface area (Å²) < 4.78 is 0. The van der Waals surface area contributed by atoms with Gasteiger partial charge in [-0.15, -0.1) is 0 Å². The molecule has 0 saturated carbocycles. The first-order valence-corrected chi connectivity index (χ1v) is 2.47. The summed E-state index contributed by atoms with van der Waals surface area (Å²) in [6, 6.07) is 0. The Labute approximate surface area is 53.8 Å². The lowest BCUT2D eigenvalue weighted by atomic mass is 10.3. The summed E-state index contributed by atoms with van der Waals surface area (Å²) in [4.78, 5) is 4.39. The Bertz CT molecular complexity index is 140. The summed E-state index contributed by atoms with van der Waals surface area (Å²) in [7, 11) is 1.42. The summed E-state index contributed by atoms with van der Waals surface area (Å²) in [5, 5.41) is 15.9. The molecule has 0 aromatic carbocycles. The van der Waals surface area contributed by atoms with Crippen molar-refractivity contribution in [1.29, 1.82) is 0 Å². The largest absolute Gasteiger partial charge is 0.792 e. The lowest BCUT2D eigenvalue weighted by Gasteiger charge is -1.99. The third kappa shape index (κ3) is 2.69. The molecule has 0 spiro atoms. The van der Waals surface area contributed by atoms with Gasteiger partial charge in [0.2, 0.25) is 0 Å². The van der Waals surface area contributed by atoms with E-state index in [0.29, 0.717) is 11.4 Å². The van der Waals surface area contributed by atoms with Crippen molar-refractivity contribution in [2.75, 3.05) is 7.11 Å². The van der Waals surface area contributed by atoms with Crippen LogP contribution in [-0.2, 0) is 4.84 Å². The molecule has 0 atom stereocenters. The number of hydrogen-bond donors (Lipinski definition) is 0. The molecule has 0 rings (SSSR count). The summed E-state index contributed by atoms with van der Waals surface area (Å²) >= 11 is 0. The van der Waals surface area contributed by atoms with Crippen molar-refractivity contribution in [3.63, 3.8) is 0 Å². The van der Waals surface area contributed by atoms with Crippen molar-refractivity contribution in [3.05, 3.63) is 5.21 Å². The van der Waals surface area contributed by atoms with Gasteiger partial charge in [-0.25, -0.2) is 0 Å². The zero-order valence-electron chi connectivity index (χ0n) is 5.71. The van der Waals surface area contributed by atoms with E-state index in [2.05, 4.69) is 15.1 Å². The van der Waals surface area contributed by atoms with Gasteiger partial charge in [0.05, 0.1) is 11.4 Å². The van der Waals surface area contributed by atoms with Gasteiger partial charge < -0.3 is 15.2 Å². The van der Waals surface area contributed by atoms with E-state index in [1.54, 1.807) is 13.8 Å². The van der Waals surface area contributed by atoms with Gasteiger partial charge in [-0.2, -0.15) is 0 Å². The minimum absolute atomic E-state index is 0.344. The molecule has 9 heavy (non-hydrogen) atoms. The molecule has 0 amide bonds. The Morgan fingerprint density at radius 3 is 2.22 bits per heavy atom. The van der Waals surface area contributed by atoms with Crippen molar-refractivity contribution in [1.82, 2.24) is 0 Å². The van der Waals surface area contributed by atoms with Gasteiger partial charge in [-0.3, -0.25) is 0 Å². The molecular formula is C5H9N2O2-. The van der Waals surface area contributed by atoms with Crippen molar-refractivity contribution in [3.8, 4) is 0 Å². The average Bonchev–Trinajstić information content (AvgIpc) is 1.87. The maximum atomic E-state index is 9.80. The van der Waals surface area contributed by atoms with Gasteiger partial charge in [-0.05, 0) is 13.8 Å². The first kappa shape index (κ1) is 7.94. The van der Waals surface area contributed by atoms with Gasteiger partial charge in [-0.1, -0.05) is 5.16 Å². The highest BCUT2D eigenvalue weighted by Crippen LogP contribution is 1.83. The first-order chi connectivity index (χ1) is 4.22. The highest BCUT2D eigenvalue weighted by Gasteiger charge is 1.91. The molecular weight excluding hydrogens is 120 g/mol. The lowest BCUT2D eigenvalue weighted by molar-refractivity contribution is 0.214. The van der Waals surface area contributed by atoms with E-state index in [1.807, 2.05) is 0 Å². The van der Waals surface area contributed by atoms with E-state index in [1.165, 1.54) is 7.11 Å². The molecule has 0 heterocycles. The predicted octanol–water partition coefficient (Wildman–Crippen LogP) is 0.967. The van der Waals surface area contributed by atoms with Crippen molar-refractivity contribution in [2.24, 2.45) is 10.3 Å². The second-order valence-corrected chi connectivity index (χ2v) is 1.54. The standard InChI is InChI=1S/C5H10N2O2/c1-4(6-8)5(2)7-9-3/h8H,1-3H3/p-1. The molecule has 0 aromatic rings. The Balaban J connectivity index is 4.03. The Hall–Kier alpha value is -1.06. The molecule has 0 unspecified atom stereocenters. The summed E-state index contributed by atoms with van der Waals surface area (Å²) in [6.45, 7) is 3.23. The molecule has 4 heteroatoms. The van der Waals surface area contributed by atoms with Crippen LogP contribution in [0.1, 0.15) is 13.8 Å². The van der Waals surface area contributed by atoms with Gasteiger partial charge in [0, 0.05) is 0 Å². The van der Waals surface area contributed by atoms with Crippen LogP contribution in [0.3, 0.4) is 0 Å². The maximum absolute atomic E-state index is 9.80. The Morgan fingerprint density at radius 2 is 1.89 bits per heavy atom. The van der Waals surface area contributed by atoms with Crippen molar-refractivity contribution in [2.45, 2.75) is 13.8 Å². The molecule has 0 aliphatic heterocycles. The summed E-state index contributed by atoms with van der Waals surface area (Å²) in [5.74, 6) is 0. The highest BCUT2D eigenvalue weighted by atomic mass is 16.6. The monoisotopic (exact) mass is 129 g/mol. The lowest BCUT2D eigenvalue weighted by Crippen LogP contribution is -2.04. The zero-order valence-corrected chi connectivity index (χ0v) is 5.71. The van der Waals surface area contributed by atoms with Crippen LogP contribution in [0, 0.1) is 5.21 Å². The quantitative estimate of drug-likeness (QED) is 0.412. The third-order valence-corrected chi connectivity index (χ3v) is 0.889. The van der Waals surface area contributed by atoms with E-state index in [0.717, 1.165) is 0 Å². The van der Waals surface area contributed by atoms with Crippen LogP contribution < -0.4 is 0 Å². The topological polar surface area (TPSA) is 57.0 Å². The minimum atomic E-state index is 0.344. The SMILES string of the molecule is CON=C(C)C(C)=N[O-]. The second kappa shape index (κ2) is 3.88. The van der Waals surface area contributed by atoms with E-state index in [-0.39, 0.29) is 0 Å². The molecule has 0 N–H and O–H groups in total. The van der Waals surface area contributed by atoms with E-state index in [9.17, 15) is 5.21 Å². The second-order valence-electron chi connectivity index (χ2n) is 1.54. The van der Waals surface area contributed by atoms with Crippen LogP contribution in [0.2, 0.25) is 0 Å². The fourth-order valence-electron chi connectivity index (χ4n) is 0.269. The fraction of sp³-hybridized carbons (Fsp3) is 0.600. The van der Waals surface area contributed by atoms with Crippen LogP contribution in [-0.4, -0.2) is 18.5 Å². The van der Waals surface area contributed by atoms with Gasteiger partial charge in [0.1, 0.15) is 7.11 Å². The Kier molecular flexibility index (Phi) is 3.43. The van der Waals surface area contributed by atoms with Gasteiger partial charge in [0.15, 0.2) is 0 Å². The molecule has 0 saturated heterocycles. The zero-order chi connectivity index (χ0) is 7.28. The molecule has 0 fully saturated rings. The van der Waals surface area contributed by atoms with Crippen LogP contribution in [0.4, 0.5) is 0 Å². The number of hydrogen-bond acceptors (Lipinski definition) is 4. The van der Waals surface area contributed by atoms with E-state index >= 15 is 0 Å². The van der Waals surface area contributed by atoms with Crippen molar-refractivity contribution >= 4 is 11.4 Å². The van der Waals surface area contributed by atoms with Gasteiger partial charge in [0.25, 0.3) is 0 Å². The van der Waals surface area contributed by atoms with Crippen LogP contribution in [0.15, 0.2) is 10.3 Å². The van der Waals surface area contributed by atoms with E-state index < -0.39 is 0 Å². The first-order valence-electron chi connectivity index (χ1n) is 2.47. The molecule has 0 aromatic heterocycles. The third-order valence-electron chi connectivity index (χ3n) is 0.889. The highest BCUT2D eigenvalue weighted by molar-refractivity contribution is 6.40. The average molecular weight is 129 g/mol. The minimum Gasteiger partial charge on any atom is -0.792 e. The molecule has 4 nitrogen and oxygen atoms in total.